The summed E-state index contributed by atoms with van der Waals surface area (Å²) in [6, 6.07) is 5.92. The normalized spacial score (nSPS) is 10.8. The molecule has 18 heavy (non-hydrogen) atoms. The van der Waals surface area contributed by atoms with E-state index in [0.717, 1.165) is 29.4 Å². The average molecular weight is 283 g/mol. The number of rotatable bonds is 6. The third kappa shape index (κ3) is 3.51. The van der Waals surface area contributed by atoms with E-state index < -0.39 is 0 Å². The molecule has 0 unspecified atom stereocenters. The molecular formula is C13H15ClN2OS. The number of nitrogens with zero attached hydrogens (tertiary/aromatic N) is 1. The van der Waals surface area contributed by atoms with Gasteiger partial charge in [-0.05, 0) is 36.4 Å². The Labute approximate surface area is 116 Å². The molecule has 1 aromatic heterocycles. The van der Waals surface area contributed by atoms with E-state index in [2.05, 4.69) is 23.3 Å². The molecule has 0 aliphatic carbocycles. The van der Waals surface area contributed by atoms with E-state index in [1.807, 2.05) is 12.1 Å². The maximum Gasteiger partial charge on any atom is 0.260 e. The molecule has 0 radical (unpaired) electrons. The average Bonchev–Trinajstić information content (AvgIpc) is 2.86. The van der Waals surface area contributed by atoms with Gasteiger partial charge in [-0.3, -0.25) is 0 Å². The first-order valence-electron chi connectivity index (χ1n) is 5.86. The summed E-state index contributed by atoms with van der Waals surface area (Å²) in [6.45, 7) is 3.94. The van der Waals surface area contributed by atoms with Crippen LogP contribution in [0.2, 0.25) is 5.02 Å². The number of halogens is 1. The molecule has 0 saturated carbocycles. The van der Waals surface area contributed by atoms with Gasteiger partial charge in [0.1, 0.15) is 6.26 Å². The smallest absolute Gasteiger partial charge is 0.260 e. The lowest BCUT2D eigenvalue weighted by atomic mass is 10.2. The van der Waals surface area contributed by atoms with Gasteiger partial charge < -0.3 is 9.73 Å². The van der Waals surface area contributed by atoms with Crippen LogP contribution in [0.25, 0.3) is 0 Å². The first-order chi connectivity index (χ1) is 8.81. The van der Waals surface area contributed by atoms with Gasteiger partial charge in [-0.1, -0.05) is 30.7 Å². The summed E-state index contributed by atoms with van der Waals surface area (Å²) >= 11 is 7.70. The lowest BCUT2D eigenvalue weighted by Gasteiger charge is -2.10. The molecule has 0 aliphatic heterocycles. The molecule has 0 bridgehead atoms. The predicted molar refractivity (Wildman–Crippen MR) is 74.1 cm³/mol. The van der Waals surface area contributed by atoms with E-state index in [9.17, 15) is 0 Å². The largest absolute Gasteiger partial charge is 0.440 e. The van der Waals surface area contributed by atoms with E-state index in [1.54, 1.807) is 12.5 Å². The van der Waals surface area contributed by atoms with Crippen LogP contribution in [0.4, 0.5) is 0 Å². The first-order valence-corrected chi connectivity index (χ1v) is 7.06. The van der Waals surface area contributed by atoms with E-state index in [1.165, 1.54) is 17.3 Å². The number of nitrogens with one attached hydrogen (secondary N) is 1. The predicted octanol–water partition coefficient (Wildman–Crippen LogP) is 3.98. The highest BCUT2D eigenvalue weighted by molar-refractivity contribution is 7.99. The Hall–Kier alpha value is -0.970. The molecule has 96 valence electrons. The summed E-state index contributed by atoms with van der Waals surface area (Å²) in [5, 5.41) is 4.72. The molecule has 0 atom stereocenters. The Balaban J connectivity index is 2.15. The topological polar surface area (TPSA) is 38.1 Å². The van der Waals surface area contributed by atoms with E-state index in [4.69, 9.17) is 16.0 Å². The molecule has 1 N–H and O–H groups in total. The minimum Gasteiger partial charge on any atom is -0.440 e. The highest BCUT2D eigenvalue weighted by Gasteiger charge is 2.11. The Kier molecular flexibility index (Phi) is 5.11. The maximum absolute atomic E-state index is 6.24. The number of aromatic nitrogens is 1. The summed E-state index contributed by atoms with van der Waals surface area (Å²) in [4.78, 5) is 5.11. The second-order valence-corrected chi connectivity index (χ2v) is 5.17. The summed E-state index contributed by atoms with van der Waals surface area (Å²) in [6.07, 6.45) is 4.31. The van der Waals surface area contributed by atoms with Crippen molar-refractivity contribution < 1.29 is 4.42 Å². The standard InChI is InChI=1S/C13H15ClN2OS/c1-2-6-15-9-10-4-3-5-11(14)12(10)18-13-16-7-8-17-13/h3-5,7-8,15H,2,6,9H2,1H3. The first kappa shape index (κ1) is 13.5. The van der Waals surface area contributed by atoms with E-state index >= 15 is 0 Å². The molecular weight excluding hydrogens is 268 g/mol. The van der Waals surface area contributed by atoms with Crippen molar-refractivity contribution in [2.75, 3.05) is 6.54 Å². The molecule has 0 saturated heterocycles. The van der Waals surface area contributed by atoms with Crippen molar-refractivity contribution in [3.8, 4) is 0 Å². The van der Waals surface area contributed by atoms with Crippen LogP contribution in [0.1, 0.15) is 18.9 Å². The zero-order valence-electron chi connectivity index (χ0n) is 10.1. The Morgan fingerprint density at radius 1 is 1.44 bits per heavy atom. The quantitative estimate of drug-likeness (QED) is 0.814. The van der Waals surface area contributed by atoms with Crippen LogP contribution >= 0.6 is 23.4 Å². The second-order valence-electron chi connectivity index (χ2n) is 3.80. The highest BCUT2D eigenvalue weighted by atomic mass is 35.5. The summed E-state index contributed by atoms with van der Waals surface area (Å²) in [7, 11) is 0. The fourth-order valence-corrected chi connectivity index (χ4v) is 2.69. The van der Waals surface area contributed by atoms with Crippen molar-refractivity contribution >= 4 is 23.4 Å². The molecule has 0 spiro atoms. The van der Waals surface area contributed by atoms with Crippen LogP contribution in [0.15, 0.2) is 45.2 Å². The minimum atomic E-state index is 0.611. The molecule has 1 aromatic carbocycles. The Bertz CT molecular complexity index is 488. The van der Waals surface area contributed by atoms with Crippen LogP contribution in [-0.4, -0.2) is 11.5 Å². The third-order valence-corrected chi connectivity index (χ3v) is 3.88. The lowest BCUT2D eigenvalue weighted by molar-refractivity contribution is 0.454. The van der Waals surface area contributed by atoms with Crippen LogP contribution in [0, 0.1) is 0 Å². The van der Waals surface area contributed by atoms with Crippen LogP contribution in [0.3, 0.4) is 0 Å². The third-order valence-electron chi connectivity index (χ3n) is 2.39. The summed E-state index contributed by atoms with van der Waals surface area (Å²) in [5.41, 5.74) is 1.17. The van der Waals surface area contributed by atoms with Gasteiger partial charge in [0.2, 0.25) is 0 Å². The van der Waals surface area contributed by atoms with E-state index in [0.29, 0.717) is 5.22 Å². The SMILES string of the molecule is CCCNCc1cccc(Cl)c1Sc1ncco1. The number of hydrogen-bond acceptors (Lipinski definition) is 4. The zero-order chi connectivity index (χ0) is 12.8. The molecule has 1 heterocycles. The van der Waals surface area contributed by atoms with Crippen LogP contribution < -0.4 is 5.32 Å². The van der Waals surface area contributed by atoms with Crippen molar-refractivity contribution in [3.05, 3.63) is 41.2 Å². The number of oxazole rings is 1. The fraction of sp³-hybridized carbons (Fsp3) is 0.308. The van der Waals surface area contributed by atoms with Crippen molar-refractivity contribution in [1.29, 1.82) is 0 Å². The van der Waals surface area contributed by atoms with Gasteiger partial charge in [0.25, 0.3) is 5.22 Å². The zero-order valence-corrected chi connectivity index (χ0v) is 11.7. The van der Waals surface area contributed by atoms with Gasteiger partial charge in [-0.25, -0.2) is 4.98 Å². The van der Waals surface area contributed by atoms with Crippen molar-refractivity contribution in [1.82, 2.24) is 10.3 Å². The summed E-state index contributed by atoms with van der Waals surface area (Å²) < 4.78 is 5.25. The van der Waals surface area contributed by atoms with Gasteiger partial charge in [0.05, 0.1) is 11.2 Å². The maximum atomic E-state index is 6.24. The van der Waals surface area contributed by atoms with Gasteiger partial charge in [-0.2, -0.15) is 0 Å². The van der Waals surface area contributed by atoms with Gasteiger partial charge in [0, 0.05) is 11.4 Å². The number of hydrogen-bond donors (Lipinski definition) is 1. The summed E-state index contributed by atoms with van der Waals surface area (Å²) in [5.74, 6) is 0. The van der Waals surface area contributed by atoms with Crippen molar-refractivity contribution in [3.63, 3.8) is 0 Å². The van der Waals surface area contributed by atoms with E-state index in [-0.39, 0.29) is 0 Å². The molecule has 0 fully saturated rings. The lowest BCUT2D eigenvalue weighted by Crippen LogP contribution is -2.14. The van der Waals surface area contributed by atoms with Gasteiger partial charge >= 0.3 is 0 Å². The monoisotopic (exact) mass is 282 g/mol. The molecule has 2 rings (SSSR count). The molecule has 3 nitrogen and oxygen atoms in total. The molecule has 0 aliphatic rings. The van der Waals surface area contributed by atoms with Crippen molar-refractivity contribution in [2.45, 2.75) is 30.0 Å². The molecule has 5 heteroatoms. The minimum absolute atomic E-state index is 0.611. The van der Waals surface area contributed by atoms with Crippen LogP contribution in [-0.2, 0) is 6.54 Å². The van der Waals surface area contributed by atoms with Crippen molar-refractivity contribution in [2.24, 2.45) is 0 Å². The molecule has 0 amide bonds. The number of benzene rings is 1. The Morgan fingerprint density at radius 3 is 3.06 bits per heavy atom. The second kappa shape index (κ2) is 6.83. The van der Waals surface area contributed by atoms with Gasteiger partial charge in [0.15, 0.2) is 0 Å². The van der Waals surface area contributed by atoms with Gasteiger partial charge in [-0.15, -0.1) is 0 Å². The Morgan fingerprint density at radius 2 is 2.33 bits per heavy atom. The highest BCUT2D eigenvalue weighted by Crippen LogP contribution is 2.35. The van der Waals surface area contributed by atoms with Crippen LogP contribution in [0.5, 0.6) is 0 Å². The fourth-order valence-electron chi connectivity index (χ4n) is 1.55. The molecule has 2 aromatic rings.